The Morgan fingerprint density at radius 3 is 2.47 bits per heavy atom. The smallest absolute Gasteiger partial charge is 0.321 e. The van der Waals surface area contributed by atoms with Crippen LogP contribution < -0.4 is 0 Å². The second kappa shape index (κ2) is 3.03. The second-order valence-electron chi connectivity index (χ2n) is 6.39. The first kappa shape index (κ1) is 11.1. The average molecular weight is 238 g/mol. The Hall–Kier alpha value is -1.06. The van der Waals surface area contributed by atoms with Crippen LogP contribution in [0.4, 0.5) is 0 Å². The van der Waals surface area contributed by atoms with E-state index in [4.69, 9.17) is 9.47 Å². The Bertz CT molecular complexity index is 392. The minimum Gasteiger partial charge on any atom is -0.459 e. The molecule has 3 fully saturated rings. The zero-order valence-electron chi connectivity index (χ0n) is 10.5. The van der Waals surface area contributed by atoms with Gasteiger partial charge in [0.1, 0.15) is 11.2 Å². The SMILES string of the molecule is CC1(C)OC(=O)[C@H]2C(=O)O[C@]3(C)CC[C@H]1[C@H]2C3. The highest BCUT2D eigenvalue weighted by Crippen LogP contribution is 2.53. The molecule has 3 aliphatic rings. The summed E-state index contributed by atoms with van der Waals surface area (Å²) in [5.74, 6) is -1.07. The fraction of sp³-hybridized carbons (Fsp3) is 0.846. The van der Waals surface area contributed by atoms with Crippen molar-refractivity contribution in [3.63, 3.8) is 0 Å². The molecule has 0 unspecified atom stereocenters. The first-order valence-corrected chi connectivity index (χ1v) is 6.28. The molecule has 2 aliphatic heterocycles. The highest BCUT2D eigenvalue weighted by molar-refractivity contribution is 5.96. The molecule has 17 heavy (non-hydrogen) atoms. The van der Waals surface area contributed by atoms with Crippen molar-refractivity contribution in [2.75, 3.05) is 0 Å². The minimum absolute atomic E-state index is 0.103. The molecular formula is C13H18O4. The number of hydrogen-bond donors (Lipinski definition) is 0. The second-order valence-corrected chi connectivity index (χ2v) is 6.39. The monoisotopic (exact) mass is 238 g/mol. The van der Waals surface area contributed by atoms with E-state index in [2.05, 4.69) is 0 Å². The lowest BCUT2D eigenvalue weighted by molar-refractivity contribution is -0.229. The van der Waals surface area contributed by atoms with E-state index in [1.165, 1.54) is 0 Å². The summed E-state index contributed by atoms with van der Waals surface area (Å²) in [6, 6.07) is 0. The molecule has 0 amide bonds. The first-order chi connectivity index (χ1) is 7.82. The molecule has 0 aromatic rings. The molecule has 4 atom stereocenters. The van der Waals surface area contributed by atoms with Crippen LogP contribution in [0.3, 0.4) is 0 Å². The van der Waals surface area contributed by atoms with Crippen molar-refractivity contribution in [2.24, 2.45) is 17.8 Å². The molecule has 4 heteroatoms. The van der Waals surface area contributed by atoms with Crippen LogP contribution in [0.15, 0.2) is 0 Å². The Morgan fingerprint density at radius 1 is 1.12 bits per heavy atom. The van der Waals surface area contributed by atoms with Crippen LogP contribution in [-0.4, -0.2) is 23.1 Å². The van der Waals surface area contributed by atoms with Crippen LogP contribution in [0.5, 0.6) is 0 Å². The van der Waals surface area contributed by atoms with Gasteiger partial charge in [0, 0.05) is 5.92 Å². The molecule has 2 saturated heterocycles. The molecule has 0 N–H and O–H groups in total. The lowest BCUT2D eigenvalue weighted by Gasteiger charge is -2.55. The van der Waals surface area contributed by atoms with Crippen LogP contribution in [0.25, 0.3) is 0 Å². The number of cyclic esters (lactones) is 1. The summed E-state index contributed by atoms with van der Waals surface area (Å²) in [5, 5.41) is 0. The molecule has 2 bridgehead atoms. The topological polar surface area (TPSA) is 52.6 Å². The van der Waals surface area contributed by atoms with Crippen molar-refractivity contribution in [3.8, 4) is 0 Å². The predicted molar refractivity (Wildman–Crippen MR) is 59.0 cm³/mol. The van der Waals surface area contributed by atoms with Gasteiger partial charge in [-0.3, -0.25) is 9.59 Å². The van der Waals surface area contributed by atoms with E-state index in [9.17, 15) is 9.59 Å². The van der Waals surface area contributed by atoms with E-state index in [1.807, 2.05) is 20.8 Å². The lowest BCUT2D eigenvalue weighted by Crippen LogP contribution is -2.62. The van der Waals surface area contributed by atoms with E-state index in [0.29, 0.717) is 0 Å². The number of hydrogen-bond acceptors (Lipinski definition) is 4. The molecular weight excluding hydrogens is 220 g/mol. The predicted octanol–water partition coefficient (Wildman–Crippen LogP) is 1.67. The average Bonchev–Trinajstić information content (AvgIpc) is 2.12. The molecule has 0 radical (unpaired) electrons. The van der Waals surface area contributed by atoms with Crippen LogP contribution in [-0.2, 0) is 19.1 Å². The third kappa shape index (κ3) is 1.42. The maximum atomic E-state index is 11.9. The van der Waals surface area contributed by atoms with Gasteiger partial charge in [-0.2, -0.15) is 0 Å². The molecule has 2 heterocycles. The van der Waals surface area contributed by atoms with Gasteiger partial charge in [-0.1, -0.05) is 0 Å². The maximum absolute atomic E-state index is 11.9. The fourth-order valence-corrected chi connectivity index (χ4v) is 3.87. The number of rotatable bonds is 0. The van der Waals surface area contributed by atoms with Crippen molar-refractivity contribution in [1.82, 2.24) is 0 Å². The van der Waals surface area contributed by atoms with Crippen molar-refractivity contribution < 1.29 is 19.1 Å². The third-order valence-corrected chi connectivity index (χ3v) is 4.71. The summed E-state index contributed by atoms with van der Waals surface area (Å²) in [6.07, 6.45) is 2.63. The van der Waals surface area contributed by atoms with E-state index in [0.717, 1.165) is 19.3 Å². The standard InChI is InChI=1S/C13H18O4/c1-12(2)8-4-5-13(3)6-7(8)9(10(14)16-12)11(15)17-13/h7-9H,4-6H2,1-3H3/t7-,8+,9+,13-/m1/s1. The van der Waals surface area contributed by atoms with Crippen molar-refractivity contribution in [3.05, 3.63) is 0 Å². The Labute approximate surface area is 101 Å². The highest BCUT2D eigenvalue weighted by atomic mass is 16.6. The van der Waals surface area contributed by atoms with Crippen molar-refractivity contribution in [1.29, 1.82) is 0 Å². The van der Waals surface area contributed by atoms with E-state index >= 15 is 0 Å². The van der Waals surface area contributed by atoms with E-state index in [1.54, 1.807) is 0 Å². The van der Waals surface area contributed by atoms with Crippen LogP contribution in [0, 0.1) is 17.8 Å². The van der Waals surface area contributed by atoms with Gasteiger partial charge in [-0.15, -0.1) is 0 Å². The van der Waals surface area contributed by atoms with Crippen LogP contribution >= 0.6 is 0 Å². The highest BCUT2D eigenvalue weighted by Gasteiger charge is 2.61. The van der Waals surface area contributed by atoms with Gasteiger partial charge in [0.15, 0.2) is 5.92 Å². The minimum atomic E-state index is -0.679. The Balaban J connectivity index is 2.02. The Morgan fingerprint density at radius 2 is 1.76 bits per heavy atom. The molecule has 1 aliphatic carbocycles. The van der Waals surface area contributed by atoms with Gasteiger partial charge in [0.25, 0.3) is 0 Å². The quantitative estimate of drug-likeness (QED) is 0.476. The fourth-order valence-electron chi connectivity index (χ4n) is 3.87. The summed E-state index contributed by atoms with van der Waals surface area (Å²) < 4.78 is 10.9. The van der Waals surface area contributed by atoms with Gasteiger partial charge >= 0.3 is 11.9 Å². The lowest BCUT2D eigenvalue weighted by atomic mass is 9.59. The molecule has 0 aromatic carbocycles. The number of ether oxygens (including phenoxy) is 2. The van der Waals surface area contributed by atoms with Gasteiger partial charge < -0.3 is 9.47 Å². The van der Waals surface area contributed by atoms with Gasteiger partial charge in [0.2, 0.25) is 0 Å². The summed E-state index contributed by atoms with van der Waals surface area (Å²) in [5.41, 5.74) is -0.806. The maximum Gasteiger partial charge on any atom is 0.321 e. The Kier molecular flexibility index (Phi) is 1.97. The molecule has 1 saturated carbocycles. The summed E-state index contributed by atoms with van der Waals surface area (Å²) in [6.45, 7) is 5.88. The number of carbonyl (C=O) groups is 2. The number of esters is 2. The summed E-state index contributed by atoms with van der Waals surface area (Å²) >= 11 is 0. The van der Waals surface area contributed by atoms with Crippen LogP contribution in [0.1, 0.15) is 40.0 Å². The van der Waals surface area contributed by atoms with Gasteiger partial charge in [0.05, 0.1) is 0 Å². The number of carbonyl (C=O) groups excluding carboxylic acids is 2. The van der Waals surface area contributed by atoms with Crippen LogP contribution in [0.2, 0.25) is 0 Å². The molecule has 0 aromatic heterocycles. The normalized spacial score (nSPS) is 47.1. The number of fused-ring (bicyclic) bond motifs is 1. The van der Waals surface area contributed by atoms with Crippen molar-refractivity contribution >= 4 is 11.9 Å². The van der Waals surface area contributed by atoms with Gasteiger partial charge in [-0.05, 0) is 46.0 Å². The zero-order chi connectivity index (χ0) is 12.4. The largest absolute Gasteiger partial charge is 0.459 e. The van der Waals surface area contributed by atoms with Gasteiger partial charge in [-0.25, -0.2) is 0 Å². The molecule has 94 valence electrons. The molecule has 3 rings (SSSR count). The van der Waals surface area contributed by atoms with Crippen molar-refractivity contribution in [2.45, 2.75) is 51.2 Å². The van der Waals surface area contributed by atoms with E-state index in [-0.39, 0.29) is 23.4 Å². The summed E-state index contributed by atoms with van der Waals surface area (Å²) in [7, 11) is 0. The molecule has 4 nitrogen and oxygen atoms in total. The zero-order valence-corrected chi connectivity index (χ0v) is 10.5. The first-order valence-electron chi connectivity index (χ1n) is 6.28. The third-order valence-electron chi connectivity index (χ3n) is 4.71. The summed E-state index contributed by atoms with van der Waals surface area (Å²) in [4.78, 5) is 23.8. The molecule has 0 spiro atoms. The van der Waals surface area contributed by atoms with E-state index < -0.39 is 17.5 Å².